The van der Waals surface area contributed by atoms with Crippen LogP contribution >= 0.6 is 0 Å². The predicted molar refractivity (Wildman–Crippen MR) is 183 cm³/mol. The van der Waals surface area contributed by atoms with Crippen molar-refractivity contribution in [1.29, 1.82) is 0 Å². The smallest absolute Gasteiger partial charge is 0.410 e. The third kappa shape index (κ3) is 16.7. The van der Waals surface area contributed by atoms with E-state index in [9.17, 15) is 4.79 Å². The summed E-state index contributed by atoms with van der Waals surface area (Å²) >= 11 is 0. The van der Waals surface area contributed by atoms with Crippen LogP contribution in [-0.4, -0.2) is 82.6 Å². The monoisotopic (exact) mass is 651 g/mol. The Balaban J connectivity index is 1.55. The topological polar surface area (TPSA) is 84.9 Å². The molecule has 0 unspecified atom stereocenters. The summed E-state index contributed by atoms with van der Waals surface area (Å²) in [5.74, 6) is 1.28. The molecule has 0 spiro atoms. The highest BCUT2D eigenvalue weighted by Gasteiger charge is 2.23. The van der Waals surface area contributed by atoms with Crippen LogP contribution in [-0.2, 0) is 43.3 Å². The van der Waals surface area contributed by atoms with E-state index < -0.39 is 11.7 Å². The molecule has 0 aromatic heterocycles. The lowest BCUT2D eigenvalue weighted by atomic mass is 10.1. The fourth-order valence-corrected chi connectivity index (χ4v) is 4.40. The Bertz CT molecular complexity index is 1250. The van der Waals surface area contributed by atoms with Crippen molar-refractivity contribution >= 4 is 6.09 Å². The van der Waals surface area contributed by atoms with Gasteiger partial charge in [-0.25, -0.2) is 4.79 Å². The lowest BCUT2D eigenvalue weighted by molar-refractivity contribution is -0.00764. The molecule has 47 heavy (non-hydrogen) atoms. The molecular weight excluding hydrogens is 598 g/mol. The van der Waals surface area contributed by atoms with Gasteiger partial charge in [0.1, 0.15) is 12.2 Å². The van der Waals surface area contributed by atoms with Crippen LogP contribution in [0.15, 0.2) is 78.9 Å². The molecule has 3 rings (SSSR count). The van der Waals surface area contributed by atoms with Crippen LogP contribution in [0.2, 0.25) is 0 Å². The number of hydrogen-bond acceptors (Lipinski definition) is 8. The Morgan fingerprint density at radius 3 is 1.79 bits per heavy atom. The minimum absolute atomic E-state index is 0.322. The van der Waals surface area contributed by atoms with E-state index in [1.54, 1.807) is 4.90 Å². The van der Waals surface area contributed by atoms with Crippen LogP contribution in [0.4, 0.5) is 4.79 Å². The zero-order chi connectivity index (χ0) is 33.6. The van der Waals surface area contributed by atoms with Crippen molar-refractivity contribution in [1.82, 2.24) is 4.90 Å². The second-order valence-corrected chi connectivity index (χ2v) is 12.0. The molecule has 0 bridgehead atoms. The van der Waals surface area contributed by atoms with Crippen molar-refractivity contribution in [2.45, 2.75) is 59.3 Å². The van der Waals surface area contributed by atoms with Gasteiger partial charge in [-0.2, -0.15) is 0 Å². The van der Waals surface area contributed by atoms with Crippen LogP contribution in [0.5, 0.6) is 11.5 Å². The van der Waals surface area contributed by atoms with E-state index in [-0.39, 0.29) is 0 Å². The molecular formula is C38H53NO8. The van der Waals surface area contributed by atoms with E-state index in [2.05, 4.69) is 19.1 Å². The summed E-state index contributed by atoms with van der Waals surface area (Å²) in [5, 5.41) is 0. The van der Waals surface area contributed by atoms with Gasteiger partial charge in [0.2, 0.25) is 0 Å². The molecule has 258 valence electrons. The molecule has 9 nitrogen and oxygen atoms in total. The van der Waals surface area contributed by atoms with E-state index in [1.165, 1.54) is 5.56 Å². The molecule has 0 aliphatic rings. The number of benzene rings is 3. The molecule has 0 fully saturated rings. The highest BCUT2D eigenvalue weighted by Crippen LogP contribution is 2.30. The quantitative estimate of drug-likeness (QED) is 0.100. The van der Waals surface area contributed by atoms with Gasteiger partial charge in [-0.15, -0.1) is 0 Å². The zero-order valence-electron chi connectivity index (χ0n) is 28.6. The molecule has 0 heterocycles. The normalized spacial score (nSPS) is 11.3. The highest BCUT2D eigenvalue weighted by atomic mass is 16.6. The minimum atomic E-state index is -0.630. The standard InChI is InChI=1S/C38H53NO8/c1-5-20-41-23-25-43-27-28-44-26-24-42-22-19-39(37(40)47-38(2,3)4)30-34-16-17-35(46-31-33-14-10-7-11-15-33)36(29-34)45-21-18-32-12-8-6-9-13-32/h6-17,29H,5,18-28,30-31H2,1-4H3. The molecule has 0 atom stereocenters. The molecule has 0 radical (unpaired) electrons. The summed E-state index contributed by atoms with van der Waals surface area (Å²) in [5.41, 5.74) is 2.52. The summed E-state index contributed by atoms with van der Waals surface area (Å²) < 4.78 is 40.4. The van der Waals surface area contributed by atoms with Crippen molar-refractivity contribution in [2.75, 3.05) is 66.0 Å². The fourth-order valence-electron chi connectivity index (χ4n) is 4.40. The molecule has 1 amide bonds. The Hall–Kier alpha value is -3.63. The summed E-state index contributed by atoms with van der Waals surface area (Å²) in [6.45, 7) is 13.3. The Morgan fingerprint density at radius 1 is 0.617 bits per heavy atom. The number of amides is 1. The number of nitrogens with zero attached hydrogens (tertiary/aromatic N) is 1. The maximum Gasteiger partial charge on any atom is 0.410 e. The van der Waals surface area contributed by atoms with E-state index in [4.69, 9.17) is 33.2 Å². The van der Waals surface area contributed by atoms with Crippen LogP contribution < -0.4 is 9.47 Å². The van der Waals surface area contributed by atoms with Crippen LogP contribution in [0, 0.1) is 0 Å². The molecule has 0 aliphatic carbocycles. The minimum Gasteiger partial charge on any atom is -0.489 e. The van der Waals surface area contributed by atoms with Gasteiger partial charge in [-0.3, -0.25) is 0 Å². The van der Waals surface area contributed by atoms with Crippen molar-refractivity contribution in [3.05, 3.63) is 95.6 Å². The Kier molecular flexibility index (Phi) is 17.7. The maximum atomic E-state index is 13.2. The van der Waals surface area contributed by atoms with Crippen LogP contribution in [0.25, 0.3) is 0 Å². The van der Waals surface area contributed by atoms with Crippen LogP contribution in [0.3, 0.4) is 0 Å². The van der Waals surface area contributed by atoms with Crippen molar-refractivity contribution in [2.24, 2.45) is 0 Å². The summed E-state index contributed by atoms with van der Waals surface area (Å²) in [4.78, 5) is 14.8. The first kappa shape index (κ1) is 37.8. The second-order valence-electron chi connectivity index (χ2n) is 12.0. The summed E-state index contributed by atoms with van der Waals surface area (Å²) in [6.07, 6.45) is 1.35. The predicted octanol–water partition coefficient (Wildman–Crippen LogP) is 7.10. The lowest BCUT2D eigenvalue weighted by Crippen LogP contribution is -2.38. The number of hydrogen-bond donors (Lipinski definition) is 0. The number of carbonyl (C=O) groups is 1. The van der Waals surface area contributed by atoms with Crippen LogP contribution in [0.1, 0.15) is 50.8 Å². The van der Waals surface area contributed by atoms with Gasteiger partial charge in [0.25, 0.3) is 0 Å². The summed E-state index contributed by atoms with van der Waals surface area (Å²) in [7, 11) is 0. The van der Waals surface area contributed by atoms with Gasteiger partial charge in [0.15, 0.2) is 11.5 Å². The van der Waals surface area contributed by atoms with Gasteiger partial charge in [-0.1, -0.05) is 73.7 Å². The third-order valence-electron chi connectivity index (χ3n) is 6.73. The molecule has 0 N–H and O–H groups in total. The molecule has 3 aromatic rings. The maximum absolute atomic E-state index is 13.2. The highest BCUT2D eigenvalue weighted by molar-refractivity contribution is 5.68. The fraction of sp³-hybridized carbons (Fsp3) is 0.500. The lowest BCUT2D eigenvalue weighted by Gasteiger charge is -2.27. The zero-order valence-corrected chi connectivity index (χ0v) is 28.6. The average molecular weight is 652 g/mol. The number of ether oxygens (including phenoxy) is 7. The van der Waals surface area contributed by atoms with E-state index in [1.807, 2.05) is 87.5 Å². The Morgan fingerprint density at radius 2 is 1.19 bits per heavy atom. The van der Waals surface area contributed by atoms with E-state index >= 15 is 0 Å². The first-order valence-corrected chi connectivity index (χ1v) is 16.6. The molecule has 9 heteroatoms. The molecule has 3 aromatic carbocycles. The van der Waals surface area contributed by atoms with Gasteiger partial charge in [0.05, 0.1) is 52.9 Å². The van der Waals surface area contributed by atoms with E-state index in [0.717, 1.165) is 30.6 Å². The van der Waals surface area contributed by atoms with Gasteiger partial charge >= 0.3 is 6.09 Å². The largest absolute Gasteiger partial charge is 0.489 e. The summed E-state index contributed by atoms with van der Waals surface area (Å²) in [6, 6.07) is 26.0. The SMILES string of the molecule is CCCOCCOCCOCCOCCN(Cc1ccc(OCc2ccccc2)c(OCCc2ccccc2)c1)C(=O)OC(C)(C)C. The first-order valence-electron chi connectivity index (χ1n) is 16.6. The molecule has 0 aliphatic heterocycles. The molecule has 0 saturated carbocycles. The third-order valence-corrected chi connectivity index (χ3v) is 6.73. The molecule has 0 saturated heterocycles. The van der Waals surface area contributed by atoms with Gasteiger partial charge in [-0.05, 0) is 56.0 Å². The number of carbonyl (C=O) groups excluding carboxylic acids is 1. The average Bonchev–Trinajstić information content (AvgIpc) is 3.06. The number of rotatable bonds is 23. The van der Waals surface area contributed by atoms with Crippen molar-refractivity contribution in [3.63, 3.8) is 0 Å². The second kappa shape index (κ2) is 22.0. The van der Waals surface area contributed by atoms with Crippen molar-refractivity contribution in [3.8, 4) is 11.5 Å². The van der Waals surface area contributed by atoms with Gasteiger partial charge < -0.3 is 38.1 Å². The van der Waals surface area contributed by atoms with E-state index in [0.29, 0.717) is 84.1 Å². The Labute approximate surface area is 281 Å². The van der Waals surface area contributed by atoms with Gasteiger partial charge in [0, 0.05) is 26.1 Å². The first-order chi connectivity index (χ1) is 22.8. The van der Waals surface area contributed by atoms with Crippen molar-refractivity contribution < 1.29 is 38.0 Å².